The van der Waals surface area contributed by atoms with Crippen LogP contribution in [0.5, 0.6) is 0 Å². The van der Waals surface area contributed by atoms with Gasteiger partial charge in [0.2, 0.25) is 0 Å². The lowest BCUT2D eigenvalue weighted by Gasteiger charge is -2.05. The van der Waals surface area contributed by atoms with Crippen LogP contribution in [0.25, 0.3) is 0 Å². The molecule has 0 saturated carbocycles. The first kappa shape index (κ1) is 12.8. The fourth-order valence-electron chi connectivity index (χ4n) is 1.73. The summed E-state index contributed by atoms with van der Waals surface area (Å²) in [4.78, 5) is 16.4. The normalized spacial score (nSPS) is 10.4. The van der Waals surface area contributed by atoms with Crippen LogP contribution in [0.4, 0.5) is 0 Å². The summed E-state index contributed by atoms with van der Waals surface area (Å²) < 4.78 is 0. The van der Waals surface area contributed by atoms with Crippen molar-refractivity contribution in [2.45, 2.75) is 20.3 Å². The Balaban J connectivity index is 2.22. The first-order chi connectivity index (χ1) is 8.58. The molecule has 0 aliphatic carbocycles. The Morgan fingerprint density at radius 1 is 1.22 bits per heavy atom. The highest BCUT2D eigenvalue weighted by Gasteiger charge is 2.12. The first-order valence-corrected chi connectivity index (χ1v) is 6.15. The molecule has 0 bridgehead atoms. The molecule has 0 amide bonds. The summed E-state index contributed by atoms with van der Waals surface area (Å²) in [5, 5.41) is 0.537. The number of aryl methyl sites for hydroxylation is 2. The second-order valence-corrected chi connectivity index (χ2v) is 4.74. The molecule has 0 aliphatic rings. The zero-order valence-corrected chi connectivity index (χ0v) is 11.2. The van der Waals surface area contributed by atoms with Gasteiger partial charge < -0.3 is 0 Å². The number of aromatic nitrogens is 1. The second kappa shape index (κ2) is 5.32. The summed E-state index contributed by atoms with van der Waals surface area (Å²) in [6.45, 7) is 3.86. The van der Waals surface area contributed by atoms with Gasteiger partial charge in [-0.3, -0.25) is 9.78 Å². The molecule has 1 aromatic carbocycles. The fraction of sp³-hybridized carbons (Fsp3) is 0.200. The van der Waals surface area contributed by atoms with Crippen molar-refractivity contribution in [3.05, 3.63) is 63.9 Å². The molecule has 3 heteroatoms. The molecule has 0 spiro atoms. The smallest absolute Gasteiger partial charge is 0.170 e. The Hall–Kier alpha value is -1.67. The van der Waals surface area contributed by atoms with Crippen LogP contribution < -0.4 is 0 Å². The van der Waals surface area contributed by atoms with Crippen molar-refractivity contribution >= 4 is 17.4 Å². The molecule has 2 aromatic rings. The maximum absolute atomic E-state index is 12.1. The van der Waals surface area contributed by atoms with E-state index in [1.807, 2.05) is 38.1 Å². The topological polar surface area (TPSA) is 30.0 Å². The summed E-state index contributed by atoms with van der Waals surface area (Å²) >= 11 is 6.14. The maximum atomic E-state index is 12.1. The molecule has 1 heterocycles. The zero-order valence-electron chi connectivity index (χ0n) is 10.4. The van der Waals surface area contributed by atoms with E-state index in [1.165, 1.54) is 0 Å². The minimum atomic E-state index is 0.0000491. The van der Waals surface area contributed by atoms with Crippen LogP contribution in [-0.2, 0) is 6.42 Å². The summed E-state index contributed by atoms with van der Waals surface area (Å²) in [5.41, 5.74) is 3.33. The number of carbonyl (C=O) groups excluding carboxylic acids is 1. The van der Waals surface area contributed by atoms with Crippen molar-refractivity contribution < 1.29 is 4.79 Å². The monoisotopic (exact) mass is 259 g/mol. The number of hydrogen-bond acceptors (Lipinski definition) is 2. The molecule has 0 fully saturated rings. The highest BCUT2D eigenvalue weighted by molar-refractivity contribution is 6.34. The van der Waals surface area contributed by atoms with Gasteiger partial charge in [-0.1, -0.05) is 29.8 Å². The van der Waals surface area contributed by atoms with Crippen molar-refractivity contribution in [1.82, 2.24) is 4.98 Å². The number of hydrogen-bond donors (Lipinski definition) is 0. The zero-order chi connectivity index (χ0) is 13.1. The van der Waals surface area contributed by atoms with E-state index in [4.69, 9.17) is 11.6 Å². The third kappa shape index (κ3) is 2.77. The Labute approximate surface area is 112 Å². The van der Waals surface area contributed by atoms with Gasteiger partial charge in [-0.2, -0.15) is 0 Å². The Bertz CT molecular complexity index is 576. The van der Waals surface area contributed by atoms with Crippen molar-refractivity contribution in [2.24, 2.45) is 0 Å². The predicted octanol–water partition coefficient (Wildman–Crippen LogP) is 3.78. The van der Waals surface area contributed by atoms with Crippen LogP contribution in [0, 0.1) is 13.8 Å². The Morgan fingerprint density at radius 2 is 2.00 bits per heavy atom. The van der Waals surface area contributed by atoms with Crippen LogP contribution in [0.1, 0.15) is 27.2 Å². The van der Waals surface area contributed by atoms with Crippen molar-refractivity contribution in [2.75, 3.05) is 0 Å². The molecule has 0 saturated heterocycles. The van der Waals surface area contributed by atoms with Crippen LogP contribution in [-0.4, -0.2) is 10.8 Å². The number of ketones is 1. The van der Waals surface area contributed by atoms with E-state index in [0.717, 1.165) is 16.8 Å². The summed E-state index contributed by atoms with van der Waals surface area (Å²) in [5.74, 6) is 0.0000491. The van der Waals surface area contributed by atoms with Crippen molar-refractivity contribution in [1.29, 1.82) is 0 Å². The second-order valence-electron chi connectivity index (χ2n) is 4.36. The predicted molar refractivity (Wildman–Crippen MR) is 73.2 cm³/mol. The third-order valence-electron chi connectivity index (χ3n) is 2.81. The largest absolute Gasteiger partial charge is 0.294 e. The summed E-state index contributed by atoms with van der Waals surface area (Å²) in [6, 6.07) is 9.32. The molecule has 92 valence electrons. The quantitative estimate of drug-likeness (QED) is 0.786. The number of rotatable bonds is 3. The van der Waals surface area contributed by atoms with Crippen LogP contribution >= 0.6 is 11.6 Å². The lowest BCUT2D eigenvalue weighted by Crippen LogP contribution is -2.06. The molecular formula is C15H14ClNO. The van der Waals surface area contributed by atoms with Crippen LogP contribution in [0.2, 0.25) is 5.02 Å². The van der Waals surface area contributed by atoms with E-state index in [0.29, 0.717) is 10.6 Å². The highest BCUT2D eigenvalue weighted by Crippen LogP contribution is 2.21. The fourth-order valence-corrected chi connectivity index (χ4v) is 1.96. The average Bonchev–Trinajstić information content (AvgIpc) is 2.35. The third-order valence-corrected chi connectivity index (χ3v) is 3.31. The number of pyridine rings is 1. The standard InChI is InChI=1S/C15H14ClNO/c1-10-6-7-12(17-9-10)8-14(18)13-5-3-4-11(2)15(13)16/h3-7,9H,8H2,1-2H3. The van der Waals surface area contributed by atoms with E-state index in [2.05, 4.69) is 4.98 Å². The molecule has 0 radical (unpaired) electrons. The van der Waals surface area contributed by atoms with Gasteiger partial charge in [0.25, 0.3) is 0 Å². The number of halogens is 1. The molecule has 0 atom stereocenters. The first-order valence-electron chi connectivity index (χ1n) is 5.78. The van der Waals surface area contributed by atoms with E-state index < -0.39 is 0 Å². The lowest BCUT2D eigenvalue weighted by molar-refractivity contribution is 0.0992. The number of carbonyl (C=O) groups is 1. The van der Waals surface area contributed by atoms with Gasteiger partial charge >= 0.3 is 0 Å². The van der Waals surface area contributed by atoms with Crippen molar-refractivity contribution in [3.63, 3.8) is 0 Å². The van der Waals surface area contributed by atoms with Gasteiger partial charge in [0.05, 0.1) is 11.4 Å². The molecule has 1 aromatic heterocycles. The highest BCUT2D eigenvalue weighted by atomic mass is 35.5. The SMILES string of the molecule is Cc1ccc(CC(=O)c2cccc(C)c2Cl)nc1. The van der Waals surface area contributed by atoms with Crippen molar-refractivity contribution in [3.8, 4) is 0 Å². The minimum Gasteiger partial charge on any atom is -0.294 e. The molecule has 2 rings (SSSR count). The maximum Gasteiger partial charge on any atom is 0.170 e. The Morgan fingerprint density at radius 3 is 2.67 bits per heavy atom. The van der Waals surface area contributed by atoms with E-state index in [9.17, 15) is 4.79 Å². The van der Waals surface area contributed by atoms with Gasteiger partial charge in [0, 0.05) is 17.5 Å². The average molecular weight is 260 g/mol. The number of nitrogens with zero attached hydrogens (tertiary/aromatic N) is 1. The van der Waals surface area contributed by atoms with E-state index >= 15 is 0 Å². The van der Waals surface area contributed by atoms with Gasteiger partial charge in [0.1, 0.15) is 0 Å². The van der Waals surface area contributed by atoms with Crippen LogP contribution in [0.15, 0.2) is 36.5 Å². The van der Waals surface area contributed by atoms with E-state index in [1.54, 1.807) is 12.3 Å². The molecule has 18 heavy (non-hydrogen) atoms. The van der Waals surface area contributed by atoms with Crippen LogP contribution in [0.3, 0.4) is 0 Å². The van der Waals surface area contributed by atoms with Gasteiger partial charge in [-0.05, 0) is 37.1 Å². The molecule has 2 nitrogen and oxygen atoms in total. The summed E-state index contributed by atoms with van der Waals surface area (Å²) in [7, 11) is 0. The van der Waals surface area contributed by atoms with Gasteiger partial charge in [-0.25, -0.2) is 0 Å². The molecule has 0 unspecified atom stereocenters. The number of benzene rings is 1. The Kier molecular flexibility index (Phi) is 3.78. The lowest BCUT2D eigenvalue weighted by atomic mass is 10.0. The summed E-state index contributed by atoms with van der Waals surface area (Å²) in [6.07, 6.45) is 2.05. The van der Waals surface area contributed by atoms with Gasteiger partial charge in [0.15, 0.2) is 5.78 Å². The van der Waals surface area contributed by atoms with E-state index in [-0.39, 0.29) is 12.2 Å². The minimum absolute atomic E-state index is 0.0000491. The molecular weight excluding hydrogens is 246 g/mol. The number of Topliss-reactive ketones (excluding diaryl/α,β-unsaturated/α-hetero) is 1. The van der Waals surface area contributed by atoms with Gasteiger partial charge in [-0.15, -0.1) is 0 Å². The molecule has 0 aliphatic heterocycles. The molecule has 0 N–H and O–H groups in total.